The number of pyridine rings is 1. The molecule has 2 aromatic rings. The second-order valence-electron chi connectivity index (χ2n) is 4.51. The number of nitrogens with one attached hydrogen (secondary N) is 1. The molecule has 1 aromatic carbocycles. The first-order valence-electron chi connectivity index (χ1n) is 6.68. The van der Waals surface area contributed by atoms with Crippen LogP contribution >= 0.6 is 0 Å². The fourth-order valence-corrected chi connectivity index (χ4v) is 2.03. The van der Waals surface area contributed by atoms with Crippen molar-refractivity contribution in [2.45, 2.75) is 19.4 Å². The van der Waals surface area contributed by atoms with E-state index < -0.39 is 0 Å². The van der Waals surface area contributed by atoms with Crippen LogP contribution in [-0.2, 0) is 6.54 Å². The largest absolute Gasteiger partial charge is 0.494 e. The summed E-state index contributed by atoms with van der Waals surface area (Å²) >= 11 is 0. The van der Waals surface area contributed by atoms with Gasteiger partial charge >= 0.3 is 0 Å². The van der Waals surface area contributed by atoms with Gasteiger partial charge in [-0.05, 0) is 38.1 Å². The summed E-state index contributed by atoms with van der Waals surface area (Å²) in [5, 5.41) is 4.48. The monoisotopic (exact) mass is 259 g/mol. The van der Waals surface area contributed by atoms with Crippen LogP contribution in [0.15, 0.2) is 30.3 Å². The number of ether oxygens (including phenoxy) is 1. The molecule has 0 saturated carbocycles. The summed E-state index contributed by atoms with van der Waals surface area (Å²) in [4.78, 5) is 4.65. The number of nitrogens with zero attached hydrogens (tertiary/aromatic N) is 1. The third kappa shape index (κ3) is 3.66. The highest BCUT2D eigenvalue weighted by Gasteiger charge is 2.03. The Labute approximate surface area is 114 Å². The number of benzene rings is 1. The number of fused-ring (bicyclic) bond motifs is 1. The second-order valence-corrected chi connectivity index (χ2v) is 4.51. The molecule has 0 unspecified atom stereocenters. The Morgan fingerprint density at radius 3 is 2.89 bits per heavy atom. The van der Waals surface area contributed by atoms with E-state index in [-0.39, 0.29) is 0 Å². The van der Waals surface area contributed by atoms with Crippen molar-refractivity contribution in [3.05, 3.63) is 36.0 Å². The molecular formula is C15H21N3O. The molecule has 0 bridgehead atoms. The van der Waals surface area contributed by atoms with E-state index in [0.29, 0.717) is 0 Å². The Hall–Kier alpha value is -1.65. The molecule has 0 atom stereocenters. The average molecular weight is 259 g/mol. The molecule has 0 aliphatic heterocycles. The minimum absolute atomic E-state index is 0.757. The lowest BCUT2D eigenvalue weighted by Gasteiger charge is -2.08. The first-order chi connectivity index (χ1) is 9.35. The van der Waals surface area contributed by atoms with E-state index in [1.54, 1.807) is 7.11 Å². The van der Waals surface area contributed by atoms with Crippen molar-refractivity contribution in [2.75, 3.05) is 20.2 Å². The van der Waals surface area contributed by atoms with E-state index in [2.05, 4.69) is 22.4 Å². The molecule has 0 fully saturated rings. The number of para-hydroxylation sites is 1. The molecule has 0 aliphatic rings. The zero-order chi connectivity index (χ0) is 13.5. The highest BCUT2D eigenvalue weighted by molar-refractivity contribution is 5.84. The van der Waals surface area contributed by atoms with Crippen LogP contribution in [0.25, 0.3) is 10.9 Å². The van der Waals surface area contributed by atoms with Gasteiger partial charge in [-0.2, -0.15) is 0 Å². The number of aromatic nitrogens is 1. The van der Waals surface area contributed by atoms with Gasteiger partial charge < -0.3 is 15.8 Å². The van der Waals surface area contributed by atoms with E-state index in [4.69, 9.17) is 10.5 Å². The highest BCUT2D eigenvalue weighted by atomic mass is 16.5. The molecule has 0 aliphatic carbocycles. The molecule has 4 heteroatoms. The summed E-state index contributed by atoms with van der Waals surface area (Å²) in [5.41, 5.74) is 7.42. The Morgan fingerprint density at radius 1 is 1.21 bits per heavy atom. The molecule has 0 amide bonds. The molecule has 2 rings (SSSR count). The van der Waals surface area contributed by atoms with Gasteiger partial charge in [0.05, 0.1) is 12.8 Å². The predicted molar refractivity (Wildman–Crippen MR) is 78.3 cm³/mol. The summed E-state index contributed by atoms with van der Waals surface area (Å²) in [6, 6.07) is 10.1. The molecule has 0 spiro atoms. The van der Waals surface area contributed by atoms with E-state index in [1.165, 1.54) is 0 Å². The third-order valence-electron chi connectivity index (χ3n) is 3.07. The molecular weight excluding hydrogens is 238 g/mol. The van der Waals surface area contributed by atoms with Gasteiger partial charge in [0.25, 0.3) is 0 Å². The lowest BCUT2D eigenvalue weighted by Crippen LogP contribution is -2.16. The molecule has 1 heterocycles. The summed E-state index contributed by atoms with van der Waals surface area (Å²) in [5.74, 6) is 0.822. The quantitative estimate of drug-likeness (QED) is 0.747. The second kappa shape index (κ2) is 7.07. The van der Waals surface area contributed by atoms with E-state index >= 15 is 0 Å². The maximum absolute atomic E-state index is 5.46. The minimum atomic E-state index is 0.757. The van der Waals surface area contributed by atoms with Crippen LogP contribution in [0, 0.1) is 0 Å². The van der Waals surface area contributed by atoms with Crippen LogP contribution in [-0.4, -0.2) is 25.2 Å². The fraction of sp³-hybridized carbons (Fsp3) is 0.400. The smallest absolute Gasteiger partial charge is 0.145 e. The Morgan fingerprint density at radius 2 is 2.11 bits per heavy atom. The van der Waals surface area contributed by atoms with Crippen LogP contribution in [0.3, 0.4) is 0 Å². The Kier molecular flexibility index (Phi) is 5.12. The van der Waals surface area contributed by atoms with Gasteiger partial charge in [0.2, 0.25) is 0 Å². The van der Waals surface area contributed by atoms with Crippen molar-refractivity contribution in [1.29, 1.82) is 0 Å². The number of unbranched alkanes of at least 4 members (excludes halogenated alkanes) is 1. The maximum atomic E-state index is 5.46. The molecule has 0 radical (unpaired) electrons. The van der Waals surface area contributed by atoms with Gasteiger partial charge in [0.15, 0.2) is 0 Å². The van der Waals surface area contributed by atoms with Crippen molar-refractivity contribution in [1.82, 2.24) is 10.3 Å². The van der Waals surface area contributed by atoms with Crippen LogP contribution < -0.4 is 15.8 Å². The minimum Gasteiger partial charge on any atom is -0.494 e. The zero-order valence-electron chi connectivity index (χ0n) is 11.4. The van der Waals surface area contributed by atoms with Crippen molar-refractivity contribution >= 4 is 10.9 Å². The molecule has 3 N–H and O–H groups in total. The topological polar surface area (TPSA) is 60.2 Å². The third-order valence-corrected chi connectivity index (χ3v) is 3.07. The van der Waals surface area contributed by atoms with E-state index in [1.807, 2.05) is 18.2 Å². The van der Waals surface area contributed by atoms with Crippen molar-refractivity contribution in [3.63, 3.8) is 0 Å². The molecule has 19 heavy (non-hydrogen) atoms. The SMILES string of the molecule is COc1cccc2ccc(CNCCCCN)nc12. The van der Waals surface area contributed by atoms with Crippen LogP contribution in [0.2, 0.25) is 0 Å². The van der Waals surface area contributed by atoms with Gasteiger partial charge in [0.1, 0.15) is 11.3 Å². The Bertz CT molecular complexity index is 528. The summed E-state index contributed by atoms with van der Waals surface area (Å²) in [7, 11) is 1.67. The number of methoxy groups -OCH3 is 1. The normalized spacial score (nSPS) is 10.8. The lowest BCUT2D eigenvalue weighted by molar-refractivity contribution is 0.418. The molecule has 0 saturated heterocycles. The van der Waals surface area contributed by atoms with Gasteiger partial charge in [-0.15, -0.1) is 0 Å². The van der Waals surface area contributed by atoms with Gasteiger partial charge in [0, 0.05) is 11.9 Å². The molecule has 1 aromatic heterocycles. The van der Waals surface area contributed by atoms with Crippen molar-refractivity contribution in [3.8, 4) is 5.75 Å². The Balaban J connectivity index is 2.04. The van der Waals surface area contributed by atoms with Gasteiger partial charge in [-0.3, -0.25) is 0 Å². The van der Waals surface area contributed by atoms with Crippen molar-refractivity contribution in [2.24, 2.45) is 5.73 Å². The lowest BCUT2D eigenvalue weighted by atomic mass is 10.2. The predicted octanol–water partition coefficient (Wildman–Crippen LogP) is 2.07. The van der Waals surface area contributed by atoms with Crippen molar-refractivity contribution < 1.29 is 4.74 Å². The average Bonchev–Trinajstić information content (AvgIpc) is 2.46. The van der Waals surface area contributed by atoms with Crippen LogP contribution in [0.4, 0.5) is 0 Å². The summed E-state index contributed by atoms with van der Waals surface area (Å²) in [6.07, 6.45) is 2.17. The number of hydrogen-bond donors (Lipinski definition) is 2. The number of rotatable bonds is 7. The van der Waals surface area contributed by atoms with Crippen LogP contribution in [0.5, 0.6) is 5.75 Å². The highest BCUT2D eigenvalue weighted by Crippen LogP contribution is 2.23. The number of nitrogens with two attached hydrogens (primary N) is 1. The first kappa shape index (κ1) is 13.8. The fourth-order valence-electron chi connectivity index (χ4n) is 2.03. The zero-order valence-corrected chi connectivity index (χ0v) is 11.4. The first-order valence-corrected chi connectivity index (χ1v) is 6.68. The van der Waals surface area contributed by atoms with Gasteiger partial charge in [-0.25, -0.2) is 4.98 Å². The molecule has 102 valence electrons. The van der Waals surface area contributed by atoms with Gasteiger partial charge in [-0.1, -0.05) is 18.2 Å². The van der Waals surface area contributed by atoms with E-state index in [0.717, 1.165) is 54.8 Å². The number of hydrogen-bond acceptors (Lipinski definition) is 4. The standard InChI is InChI=1S/C15H21N3O/c1-19-14-6-4-5-12-7-8-13(18-15(12)14)11-17-10-3-2-9-16/h4-8,17H,2-3,9-11,16H2,1H3. The summed E-state index contributed by atoms with van der Waals surface area (Å²) in [6.45, 7) is 2.51. The van der Waals surface area contributed by atoms with E-state index in [9.17, 15) is 0 Å². The maximum Gasteiger partial charge on any atom is 0.145 e. The van der Waals surface area contributed by atoms with Crippen LogP contribution in [0.1, 0.15) is 18.5 Å². The molecule has 4 nitrogen and oxygen atoms in total. The summed E-state index contributed by atoms with van der Waals surface area (Å²) < 4.78 is 5.34.